The molecule has 110 valence electrons. The highest BCUT2D eigenvalue weighted by Gasteiger charge is 2.25. The van der Waals surface area contributed by atoms with E-state index in [0.717, 1.165) is 5.75 Å². The minimum absolute atomic E-state index is 0.0954. The van der Waals surface area contributed by atoms with Crippen LogP contribution in [0.15, 0.2) is 41.0 Å². The number of benzene rings is 1. The lowest BCUT2D eigenvalue weighted by Crippen LogP contribution is -2.41. The van der Waals surface area contributed by atoms with Crippen molar-refractivity contribution in [3.8, 4) is 11.5 Å². The third-order valence-electron chi connectivity index (χ3n) is 3.24. The van der Waals surface area contributed by atoms with Gasteiger partial charge in [-0.2, -0.15) is 0 Å². The number of fused-ring (bicyclic) bond motifs is 1. The van der Waals surface area contributed by atoms with Crippen LogP contribution in [-0.4, -0.2) is 37.1 Å². The molecule has 0 bridgehead atoms. The van der Waals surface area contributed by atoms with Gasteiger partial charge >= 0.3 is 0 Å². The molecule has 1 aliphatic heterocycles. The van der Waals surface area contributed by atoms with Gasteiger partial charge in [-0.3, -0.25) is 4.79 Å². The van der Waals surface area contributed by atoms with Crippen LogP contribution < -0.4 is 9.47 Å². The number of hydrogen-bond acceptors (Lipinski definition) is 4. The fourth-order valence-electron chi connectivity index (χ4n) is 2.19. The predicted octanol–water partition coefficient (Wildman–Crippen LogP) is 2.85. The van der Waals surface area contributed by atoms with Crippen LogP contribution in [0.4, 0.5) is 0 Å². The standard InChI is InChI=1S/C15H14ClNO4/c1-17(15(18)11-6-7-19-14(11)16)8-10-9-20-12-4-2-3-5-13(12)21-10/h2-7,10H,8-9H2,1H3. The summed E-state index contributed by atoms with van der Waals surface area (Å²) < 4.78 is 16.4. The van der Waals surface area contributed by atoms with E-state index in [-0.39, 0.29) is 17.2 Å². The number of carbonyl (C=O) groups is 1. The zero-order valence-corrected chi connectivity index (χ0v) is 12.2. The molecule has 1 aromatic carbocycles. The van der Waals surface area contributed by atoms with E-state index in [2.05, 4.69) is 0 Å². The molecule has 1 aromatic heterocycles. The van der Waals surface area contributed by atoms with Crippen molar-refractivity contribution >= 4 is 17.5 Å². The average molecular weight is 308 g/mol. The second kappa shape index (κ2) is 5.69. The summed E-state index contributed by atoms with van der Waals surface area (Å²) >= 11 is 5.82. The van der Waals surface area contributed by atoms with Crippen LogP contribution in [0.5, 0.6) is 11.5 Å². The highest BCUT2D eigenvalue weighted by atomic mass is 35.5. The Morgan fingerprint density at radius 3 is 2.81 bits per heavy atom. The van der Waals surface area contributed by atoms with Crippen LogP contribution in [0.2, 0.25) is 5.22 Å². The van der Waals surface area contributed by atoms with Crippen LogP contribution in [0.1, 0.15) is 10.4 Å². The van der Waals surface area contributed by atoms with Gasteiger partial charge in [0.2, 0.25) is 5.22 Å². The van der Waals surface area contributed by atoms with Crippen molar-refractivity contribution in [1.82, 2.24) is 4.90 Å². The van der Waals surface area contributed by atoms with Gasteiger partial charge in [0.1, 0.15) is 6.61 Å². The fraction of sp³-hybridized carbons (Fsp3) is 0.267. The Morgan fingerprint density at radius 1 is 1.33 bits per heavy atom. The Kier molecular flexibility index (Phi) is 3.75. The van der Waals surface area contributed by atoms with Gasteiger partial charge in [-0.25, -0.2) is 0 Å². The fourth-order valence-corrected chi connectivity index (χ4v) is 2.39. The maximum atomic E-state index is 12.2. The van der Waals surface area contributed by atoms with Crippen molar-refractivity contribution in [1.29, 1.82) is 0 Å². The predicted molar refractivity (Wildman–Crippen MR) is 77.0 cm³/mol. The molecule has 0 saturated carbocycles. The van der Waals surface area contributed by atoms with E-state index < -0.39 is 0 Å². The van der Waals surface area contributed by atoms with Gasteiger partial charge in [-0.1, -0.05) is 12.1 Å². The second-order valence-corrected chi connectivity index (χ2v) is 5.13. The summed E-state index contributed by atoms with van der Waals surface area (Å²) in [6.07, 6.45) is 1.17. The molecule has 5 nitrogen and oxygen atoms in total. The van der Waals surface area contributed by atoms with Crippen LogP contribution in [0.3, 0.4) is 0 Å². The molecule has 3 rings (SSSR count). The highest BCUT2D eigenvalue weighted by Crippen LogP contribution is 2.31. The lowest BCUT2D eigenvalue weighted by atomic mass is 10.2. The maximum absolute atomic E-state index is 12.2. The number of halogens is 1. The summed E-state index contributed by atoms with van der Waals surface area (Å²) in [5.41, 5.74) is 0.344. The molecule has 21 heavy (non-hydrogen) atoms. The molecule has 0 spiro atoms. The van der Waals surface area contributed by atoms with Crippen molar-refractivity contribution in [2.75, 3.05) is 20.2 Å². The first kappa shape index (κ1) is 13.8. The minimum atomic E-state index is -0.223. The van der Waals surface area contributed by atoms with Gasteiger partial charge in [0.15, 0.2) is 17.6 Å². The summed E-state index contributed by atoms with van der Waals surface area (Å²) in [5, 5.41) is 0.0954. The number of carbonyl (C=O) groups excluding carboxylic acids is 1. The number of para-hydroxylation sites is 2. The first-order valence-electron chi connectivity index (χ1n) is 6.52. The lowest BCUT2D eigenvalue weighted by Gasteiger charge is -2.29. The van der Waals surface area contributed by atoms with E-state index >= 15 is 0 Å². The number of ether oxygens (including phenoxy) is 2. The third-order valence-corrected chi connectivity index (χ3v) is 3.53. The van der Waals surface area contributed by atoms with Crippen LogP contribution in [0.25, 0.3) is 0 Å². The summed E-state index contributed by atoms with van der Waals surface area (Å²) in [6, 6.07) is 9.01. The van der Waals surface area contributed by atoms with Crippen molar-refractivity contribution in [3.05, 3.63) is 47.4 Å². The van der Waals surface area contributed by atoms with E-state index in [1.807, 2.05) is 24.3 Å². The number of rotatable bonds is 3. The Bertz CT molecular complexity index is 655. The quantitative estimate of drug-likeness (QED) is 0.875. The molecule has 1 amide bonds. The normalized spacial score (nSPS) is 16.6. The van der Waals surface area contributed by atoms with Gasteiger partial charge in [0.25, 0.3) is 5.91 Å². The van der Waals surface area contributed by atoms with Gasteiger partial charge in [-0.05, 0) is 29.8 Å². The van der Waals surface area contributed by atoms with Crippen molar-refractivity contribution in [2.24, 2.45) is 0 Å². The van der Waals surface area contributed by atoms with Gasteiger partial charge < -0.3 is 18.8 Å². The van der Waals surface area contributed by atoms with E-state index in [0.29, 0.717) is 24.5 Å². The van der Waals surface area contributed by atoms with E-state index in [1.54, 1.807) is 18.0 Å². The monoisotopic (exact) mass is 307 g/mol. The molecule has 2 aromatic rings. The first-order valence-corrected chi connectivity index (χ1v) is 6.90. The molecule has 0 fully saturated rings. The summed E-state index contributed by atoms with van der Waals surface area (Å²) in [4.78, 5) is 13.8. The molecular formula is C15H14ClNO4. The Balaban J connectivity index is 1.65. The molecule has 0 N–H and O–H groups in total. The molecule has 1 atom stereocenters. The van der Waals surface area contributed by atoms with E-state index in [4.69, 9.17) is 25.5 Å². The van der Waals surface area contributed by atoms with E-state index in [1.165, 1.54) is 6.26 Å². The van der Waals surface area contributed by atoms with Crippen LogP contribution >= 0.6 is 11.6 Å². The summed E-state index contributed by atoms with van der Waals surface area (Å²) in [6.45, 7) is 0.794. The highest BCUT2D eigenvalue weighted by molar-refractivity contribution is 6.32. The SMILES string of the molecule is CN(CC1COc2ccccc2O1)C(=O)c1ccoc1Cl. The third kappa shape index (κ3) is 2.83. The zero-order chi connectivity index (χ0) is 14.8. The molecule has 0 saturated heterocycles. The Morgan fingerprint density at radius 2 is 2.10 bits per heavy atom. The number of furan rings is 1. The maximum Gasteiger partial charge on any atom is 0.258 e. The molecular weight excluding hydrogens is 294 g/mol. The smallest absolute Gasteiger partial charge is 0.258 e. The van der Waals surface area contributed by atoms with Crippen molar-refractivity contribution in [3.63, 3.8) is 0 Å². The largest absolute Gasteiger partial charge is 0.486 e. The number of nitrogens with zero attached hydrogens (tertiary/aromatic N) is 1. The number of hydrogen-bond donors (Lipinski definition) is 0. The average Bonchev–Trinajstić information content (AvgIpc) is 2.92. The Labute approximate surface area is 127 Å². The molecule has 1 unspecified atom stereocenters. The van der Waals surface area contributed by atoms with Crippen LogP contribution in [0, 0.1) is 0 Å². The molecule has 6 heteroatoms. The number of likely N-dealkylation sites (N-methyl/N-ethyl adjacent to an activating group) is 1. The van der Waals surface area contributed by atoms with Crippen molar-refractivity contribution < 1.29 is 18.7 Å². The second-order valence-electron chi connectivity index (χ2n) is 4.79. The topological polar surface area (TPSA) is 51.9 Å². The lowest BCUT2D eigenvalue weighted by molar-refractivity contribution is 0.0520. The molecule has 0 radical (unpaired) electrons. The number of amides is 1. The molecule has 2 heterocycles. The minimum Gasteiger partial charge on any atom is -0.486 e. The van der Waals surface area contributed by atoms with Crippen LogP contribution in [-0.2, 0) is 0 Å². The van der Waals surface area contributed by atoms with Gasteiger partial charge in [0.05, 0.1) is 18.4 Å². The van der Waals surface area contributed by atoms with Crippen molar-refractivity contribution in [2.45, 2.75) is 6.10 Å². The zero-order valence-electron chi connectivity index (χ0n) is 11.4. The van der Waals surface area contributed by atoms with Gasteiger partial charge in [-0.15, -0.1) is 0 Å². The summed E-state index contributed by atoms with van der Waals surface area (Å²) in [5.74, 6) is 1.20. The molecule has 0 aliphatic carbocycles. The van der Waals surface area contributed by atoms with Gasteiger partial charge in [0, 0.05) is 7.05 Å². The summed E-state index contributed by atoms with van der Waals surface area (Å²) in [7, 11) is 1.69. The van der Waals surface area contributed by atoms with E-state index in [9.17, 15) is 4.79 Å². The molecule has 1 aliphatic rings. The first-order chi connectivity index (χ1) is 10.1. The Hall–Kier alpha value is -2.14.